The van der Waals surface area contributed by atoms with E-state index in [1.54, 1.807) is 16.7 Å². The lowest BCUT2D eigenvalue weighted by Crippen LogP contribution is -2.37. The Kier molecular flexibility index (Phi) is 2.65. The molecule has 2 aromatic heterocycles. The third-order valence-electron chi connectivity index (χ3n) is 2.98. The van der Waals surface area contributed by atoms with E-state index in [2.05, 4.69) is 31.1 Å². The van der Waals surface area contributed by atoms with Crippen LogP contribution < -0.4 is 0 Å². The van der Waals surface area contributed by atoms with Crippen LogP contribution in [0.4, 0.5) is 8.78 Å². The van der Waals surface area contributed by atoms with Crippen molar-refractivity contribution in [3.63, 3.8) is 0 Å². The Bertz CT molecular complexity index is 576. The fourth-order valence-electron chi connectivity index (χ4n) is 2.05. The van der Waals surface area contributed by atoms with Gasteiger partial charge in [0.25, 0.3) is 5.92 Å². The first kappa shape index (κ1) is 11.7. The minimum Gasteiger partial charge on any atom is -0.309 e. The number of rotatable bonds is 2. The van der Waals surface area contributed by atoms with E-state index in [1.165, 1.54) is 6.33 Å². The molecular formula is C11H9BrF2N4. The number of pyridine rings is 1. The SMILES string of the molecule is FC1(F)CC(n2cnnc2-c2cccc(Br)n2)C1. The first-order valence-electron chi connectivity index (χ1n) is 5.45. The molecule has 0 aliphatic heterocycles. The predicted molar refractivity (Wildman–Crippen MR) is 64.2 cm³/mol. The van der Waals surface area contributed by atoms with Gasteiger partial charge in [-0.15, -0.1) is 10.2 Å². The van der Waals surface area contributed by atoms with E-state index in [1.807, 2.05) is 6.07 Å². The monoisotopic (exact) mass is 314 g/mol. The molecule has 0 spiro atoms. The third kappa shape index (κ3) is 2.03. The highest BCUT2D eigenvalue weighted by molar-refractivity contribution is 9.10. The molecule has 4 nitrogen and oxygen atoms in total. The fourth-order valence-corrected chi connectivity index (χ4v) is 2.40. The zero-order chi connectivity index (χ0) is 12.8. The molecule has 0 N–H and O–H groups in total. The molecule has 0 bridgehead atoms. The van der Waals surface area contributed by atoms with Gasteiger partial charge in [-0.2, -0.15) is 0 Å². The second kappa shape index (κ2) is 4.08. The van der Waals surface area contributed by atoms with Gasteiger partial charge in [0.1, 0.15) is 16.6 Å². The highest BCUT2D eigenvalue weighted by Gasteiger charge is 2.47. The maximum Gasteiger partial charge on any atom is 0.252 e. The summed E-state index contributed by atoms with van der Waals surface area (Å²) in [6.45, 7) is 0. The van der Waals surface area contributed by atoms with Crippen LogP contribution in [0.1, 0.15) is 18.9 Å². The smallest absolute Gasteiger partial charge is 0.252 e. The van der Waals surface area contributed by atoms with Gasteiger partial charge in [-0.25, -0.2) is 13.8 Å². The quantitative estimate of drug-likeness (QED) is 0.800. The Balaban J connectivity index is 1.93. The first-order valence-corrected chi connectivity index (χ1v) is 6.25. The molecule has 7 heteroatoms. The van der Waals surface area contributed by atoms with Crippen molar-refractivity contribution in [2.24, 2.45) is 0 Å². The molecule has 2 aromatic rings. The highest BCUT2D eigenvalue weighted by atomic mass is 79.9. The summed E-state index contributed by atoms with van der Waals surface area (Å²) < 4.78 is 28.1. The fraction of sp³-hybridized carbons (Fsp3) is 0.364. The van der Waals surface area contributed by atoms with Crippen LogP contribution in [0.15, 0.2) is 29.1 Å². The lowest BCUT2D eigenvalue weighted by molar-refractivity contribution is -0.103. The van der Waals surface area contributed by atoms with Crippen LogP contribution in [0.25, 0.3) is 11.5 Å². The van der Waals surface area contributed by atoms with Crippen molar-refractivity contribution in [2.45, 2.75) is 24.8 Å². The number of hydrogen-bond acceptors (Lipinski definition) is 3. The van der Waals surface area contributed by atoms with Crippen molar-refractivity contribution in [3.8, 4) is 11.5 Å². The van der Waals surface area contributed by atoms with E-state index in [9.17, 15) is 8.78 Å². The Morgan fingerprint density at radius 3 is 2.78 bits per heavy atom. The summed E-state index contributed by atoms with van der Waals surface area (Å²) in [5.41, 5.74) is 0.622. The summed E-state index contributed by atoms with van der Waals surface area (Å²) in [5, 5.41) is 7.75. The standard InChI is InChI=1S/C11H9BrF2N4/c12-9-3-1-2-8(16-9)10-17-15-6-18(10)7-4-11(13,14)5-7/h1-3,6-7H,4-5H2. The molecule has 0 radical (unpaired) electrons. The van der Waals surface area contributed by atoms with E-state index in [0.717, 1.165) is 0 Å². The lowest BCUT2D eigenvalue weighted by atomic mass is 9.88. The summed E-state index contributed by atoms with van der Waals surface area (Å²) in [4.78, 5) is 4.26. The van der Waals surface area contributed by atoms with Crippen molar-refractivity contribution < 1.29 is 8.78 Å². The zero-order valence-electron chi connectivity index (χ0n) is 9.22. The summed E-state index contributed by atoms with van der Waals surface area (Å²) in [5.74, 6) is -2.03. The molecule has 1 aliphatic rings. The van der Waals surface area contributed by atoms with Gasteiger partial charge in [0.15, 0.2) is 5.82 Å². The summed E-state index contributed by atoms with van der Waals surface area (Å²) in [7, 11) is 0. The summed E-state index contributed by atoms with van der Waals surface area (Å²) in [6.07, 6.45) is 1.16. The number of hydrogen-bond donors (Lipinski definition) is 0. The van der Waals surface area contributed by atoms with E-state index < -0.39 is 5.92 Å². The van der Waals surface area contributed by atoms with Gasteiger partial charge in [0.05, 0.1) is 0 Å². The van der Waals surface area contributed by atoms with Gasteiger partial charge in [0.2, 0.25) is 0 Å². The van der Waals surface area contributed by atoms with Gasteiger partial charge >= 0.3 is 0 Å². The minimum absolute atomic E-state index is 0.161. The van der Waals surface area contributed by atoms with E-state index in [0.29, 0.717) is 16.1 Å². The van der Waals surface area contributed by atoms with Crippen LogP contribution in [0.2, 0.25) is 0 Å². The Hall–Kier alpha value is -1.37. The van der Waals surface area contributed by atoms with E-state index >= 15 is 0 Å². The van der Waals surface area contributed by atoms with Gasteiger partial charge < -0.3 is 4.57 Å². The van der Waals surface area contributed by atoms with Crippen LogP contribution in [-0.4, -0.2) is 25.7 Å². The van der Waals surface area contributed by atoms with Crippen molar-refractivity contribution >= 4 is 15.9 Å². The second-order valence-electron chi connectivity index (χ2n) is 4.33. The highest BCUT2D eigenvalue weighted by Crippen LogP contribution is 2.46. The largest absolute Gasteiger partial charge is 0.309 e. The molecule has 94 valence electrons. The maximum absolute atomic E-state index is 12.9. The Morgan fingerprint density at radius 2 is 2.11 bits per heavy atom. The number of nitrogens with zero attached hydrogens (tertiary/aromatic N) is 4. The van der Waals surface area contributed by atoms with Gasteiger partial charge in [-0.3, -0.25) is 0 Å². The van der Waals surface area contributed by atoms with E-state index in [-0.39, 0.29) is 18.9 Å². The van der Waals surface area contributed by atoms with Crippen LogP contribution in [0.5, 0.6) is 0 Å². The Labute approximate surface area is 110 Å². The van der Waals surface area contributed by atoms with Gasteiger partial charge in [-0.1, -0.05) is 6.07 Å². The third-order valence-corrected chi connectivity index (χ3v) is 3.42. The average Bonchev–Trinajstić information content (AvgIpc) is 2.74. The van der Waals surface area contributed by atoms with Crippen molar-refractivity contribution in [3.05, 3.63) is 29.1 Å². The number of halogens is 3. The minimum atomic E-state index is -2.56. The molecule has 0 unspecified atom stereocenters. The van der Waals surface area contributed by atoms with E-state index in [4.69, 9.17) is 0 Å². The molecule has 0 atom stereocenters. The molecule has 0 aromatic carbocycles. The normalized spacial score (nSPS) is 18.6. The van der Waals surface area contributed by atoms with Crippen LogP contribution >= 0.6 is 15.9 Å². The second-order valence-corrected chi connectivity index (χ2v) is 5.14. The summed E-state index contributed by atoms with van der Waals surface area (Å²) in [6, 6.07) is 5.15. The number of alkyl halides is 2. The molecule has 1 aliphatic carbocycles. The molecule has 18 heavy (non-hydrogen) atoms. The van der Waals surface area contributed by atoms with Crippen LogP contribution in [0, 0.1) is 0 Å². The molecule has 3 rings (SSSR count). The first-order chi connectivity index (χ1) is 8.55. The molecule has 0 amide bonds. The summed E-state index contributed by atoms with van der Waals surface area (Å²) >= 11 is 3.27. The molecule has 1 saturated carbocycles. The molecule has 1 fully saturated rings. The average molecular weight is 315 g/mol. The Morgan fingerprint density at radius 1 is 1.33 bits per heavy atom. The van der Waals surface area contributed by atoms with Crippen molar-refractivity contribution in [2.75, 3.05) is 0 Å². The van der Waals surface area contributed by atoms with Crippen LogP contribution in [-0.2, 0) is 0 Å². The van der Waals surface area contributed by atoms with Crippen LogP contribution in [0.3, 0.4) is 0 Å². The van der Waals surface area contributed by atoms with Crippen molar-refractivity contribution in [1.82, 2.24) is 19.7 Å². The maximum atomic E-state index is 12.9. The van der Waals surface area contributed by atoms with Gasteiger partial charge in [0, 0.05) is 18.9 Å². The molecule has 2 heterocycles. The topological polar surface area (TPSA) is 43.6 Å². The predicted octanol–water partition coefficient (Wildman–Crippen LogP) is 3.07. The lowest BCUT2D eigenvalue weighted by Gasteiger charge is -2.35. The zero-order valence-corrected chi connectivity index (χ0v) is 10.8. The van der Waals surface area contributed by atoms with Gasteiger partial charge in [-0.05, 0) is 28.1 Å². The molecular weight excluding hydrogens is 306 g/mol. The van der Waals surface area contributed by atoms with Crippen molar-refractivity contribution in [1.29, 1.82) is 0 Å². The number of aromatic nitrogens is 4. The molecule has 0 saturated heterocycles.